The van der Waals surface area contributed by atoms with Gasteiger partial charge in [0.1, 0.15) is 17.6 Å². The molecule has 2 bridgehead atoms. The molecule has 134 valence electrons. The summed E-state index contributed by atoms with van der Waals surface area (Å²) in [6.45, 7) is 4.49. The highest BCUT2D eigenvalue weighted by molar-refractivity contribution is 5.95. The smallest absolute Gasteiger partial charge is 0.270 e. The molecule has 7 nitrogen and oxygen atoms in total. The number of rotatable bonds is 3. The van der Waals surface area contributed by atoms with Gasteiger partial charge in [0.05, 0.1) is 0 Å². The van der Waals surface area contributed by atoms with Crippen molar-refractivity contribution in [3.63, 3.8) is 0 Å². The van der Waals surface area contributed by atoms with Crippen LogP contribution < -0.4 is 5.32 Å². The average Bonchev–Trinajstić information content (AvgIpc) is 3.33. The molecule has 3 aliphatic rings. The number of fused-ring (bicyclic) bond motifs is 4. The Hall–Kier alpha value is -2.67. The van der Waals surface area contributed by atoms with Crippen molar-refractivity contribution in [2.24, 2.45) is 5.92 Å². The Kier molecular flexibility index (Phi) is 3.56. The van der Waals surface area contributed by atoms with Gasteiger partial charge in [-0.1, -0.05) is 0 Å². The molecule has 26 heavy (non-hydrogen) atoms. The first-order chi connectivity index (χ1) is 12.7. The normalized spacial score (nSPS) is 27.7. The summed E-state index contributed by atoms with van der Waals surface area (Å²) < 4.78 is 7.64. The summed E-state index contributed by atoms with van der Waals surface area (Å²) in [4.78, 5) is 23.6. The molecule has 0 saturated carbocycles. The number of piperidine rings is 3. The van der Waals surface area contributed by atoms with Crippen molar-refractivity contribution in [1.82, 2.24) is 24.8 Å². The lowest BCUT2D eigenvalue weighted by molar-refractivity contribution is 0.0216. The van der Waals surface area contributed by atoms with Gasteiger partial charge in [-0.2, -0.15) is 0 Å². The number of amides is 1. The molecular weight excluding hydrogens is 330 g/mol. The predicted octanol–water partition coefficient (Wildman–Crippen LogP) is 2.23. The van der Waals surface area contributed by atoms with E-state index in [1.54, 1.807) is 29.4 Å². The highest BCUT2D eigenvalue weighted by Gasteiger charge is 2.40. The van der Waals surface area contributed by atoms with Crippen LogP contribution in [0.4, 0.5) is 0 Å². The number of nitrogens with zero attached hydrogens (tertiary/aromatic N) is 4. The summed E-state index contributed by atoms with van der Waals surface area (Å²) >= 11 is 0. The number of furan rings is 1. The first-order valence-corrected chi connectivity index (χ1v) is 9.12. The summed E-state index contributed by atoms with van der Waals surface area (Å²) in [6, 6.07) is 4.19. The quantitative estimate of drug-likeness (QED) is 0.783. The molecule has 0 aromatic carbocycles. The minimum atomic E-state index is -0.127. The fraction of sp³-hybridized carbons (Fsp3) is 0.421. The van der Waals surface area contributed by atoms with E-state index in [1.165, 1.54) is 0 Å². The lowest BCUT2D eigenvalue weighted by atomic mass is 9.79. The Morgan fingerprint density at radius 1 is 1.31 bits per heavy atom. The van der Waals surface area contributed by atoms with Crippen LogP contribution in [0.5, 0.6) is 0 Å². The van der Waals surface area contributed by atoms with Gasteiger partial charge in [0.2, 0.25) is 5.88 Å². The first kappa shape index (κ1) is 15.6. The lowest BCUT2D eigenvalue weighted by Gasteiger charge is -2.49. The van der Waals surface area contributed by atoms with Crippen LogP contribution >= 0.6 is 0 Å². The van der Waals surface area contributed by atoms with Crippen molar-refractivity contribution in [2.45, 2.75) is 31.8 Å². The van der Waals surface area contributed by atoms with E-state index in [-0.39, 0.29) is 11.9 Å². The molecule has 6 heterocycles. The predicted molar refractivity (Wildman–Crippen MR) is 96.1 cm³/mol. The standard InChI is InChI=1S/C19H21N5O2/c1-12-18(13-2-5-23(12)6-3-13)22-19(25)15-9-16-14(10-21-15)8-17(26-16)24-7-4-20-11-24/h4,7-13,18H,2-3,5-6H2,1H3,(H,22,25)/t12-,18-/m0/s1. The Balaban J connectivity index is 1.39. The molecule has 7 heteroatoms. The van der Waals surface area contributed by atoms with Crippen molar-refractivity contribution < 1.29 is 9.21 Å². The van der Waals surface area contributed by atoms with Crippen molar-refractivity contribution >= 4 is 16.9 Å². The van der Waals surface area contributed by atoms with Crippen molar-refractivity contribution in [3.05, 3.63) is 42.7 Å². The van der Waals surface area contributed by atoms with Gasteiger partial charge >= 0.3 is 0 Å². The maximum Gasteiger partial charge on any atom is 0.270 e. The molecule has 3 aromatic heterocycles. The average molecular weight is 351 g/mol. The summed E-state index contributed by atoms with van der Waals surface area (Å²) in [6.07, 6.45) is 9.19. The van der Waals surface area contributed by atoms with E-state index >= 15 is 0 Å². The van der Waals surface area contributed by atoms with Crippen LogP contribution in [-0.4, -0.2) is 50.5 Å². The number of nitrogens with one attached hydrogen (secondary N) is 1. The highest BCUT2D eigenvalue weighted by atomic mass is 16.4. The Bertz CT molecular complexity index is 938. The summed E-state index contributed by atoms with van der Waals surface area (Å²) in [5, 5.41) is 4.08. The van der Waals surface area contributed by atoms with Gasteiger partial charge in [-0.25, -0.2) is 4.98 Å². The molecule has 6 rings (SSSR count). The second-order valence-electron chi connectivity index (χ2n) is 7.28. The topological polar surface area (TPSA) is 76.2 Å². The van der Waals surface area contributed by atoms with Crippen LogP contribution in [0.2, 0.25) is 0 Å². The van der Waals surface area contributed by atoms with Gasteiger partial charge in [-0.3, -0.25) is 19.2 Å². The Labute approximate surface area is 151 Å². The third-order valence-corrected chi connectivity index (χ3v) is 5.86. The van der Waals surface area contributed by atoms with Crippen LogP contribution in [-0.2, 0) is 0 Å². The molecule has 2 atom stereocenters. The minimum Gasteiger partial charge on any atom is -0.440 e. The van der Waals surface area contributed by atoms with E-state index in [4.69, 9.17) is 4.42 Å². The van der Waals surface area contributed by atoms with Gasteiger partial charge in [0.15, 0.2) is 0 Å². The molecule has 1 amide bonds. The third kappa shape index (κ3) is 2.50. The maximum atomic E-state index is 12.8. The zero-order valence-electron chi connectivity index (χ0n) is 14.6. The first-order valence-electron chi connectivity index (χ1n) is 9.12. The van der Waals surface area contributed by atoms with Gasteiger partial charge in [-0.15, -0.1) is 0 Å². The fourth-order valence-electron chi connectivity index (χ4n) is 4.33. The molecule has 0 unspecified atom stereocenters. The highest BCUT2D eigenvalue weighted by Crippen LogP contribution is 2.32. The van der Waals surface area contributed by atoms with E-state index in [0.717, 1.165) is 31.3 Å². The number of carbonyl (C=O) groups is 1. The summed E-state index contributed by atoms with van der Waals surface area (Å²) in [7, 11) is 0. The van der Waals surface area contributed by atoms with Gasteiger partial charge < -0.3 is 9.73 Å². The Morgan fingerprint density at radius 2 is 2.15 bits per heavy atom. The van der Waals surface area contributed by atoms with Crippen LogP contribution in [0.25, 0.3) is 16.9 Å². The van der Waals surface area contributed by atoms with Crippen molar-refractivity contribution in [2.75, 3.05) is 13.1 Å². The largest absolute Gasteiger partial charge is 0.440 e. The van der Waals surface area contributed by atoms with Gasteiger partial charge in [-0.05, 0) is 38.8 Å². The second-order valence-corrected chi connectivity index (χ2v) is 7.28. The van der Waals surface area contributed by atoms with E-state index in [2.05, 4.69) is 27.1 Å². The minimum absolute atomic E-state index is 0.127. The Morgan fingerprint density at radius 3 is 2.88 bits per heavy atom. The van der Waals surface area contributed by atoms with Crippen LogP contribution in [0, 0.1) is 5.92 Å². The fourth-order valence-corrected chi connectivity index (χ4v) is 4.33. The molecular formula is C19H21N5O2. The monoisotopic (exact) mass is 351 g/mol. The van der Waals surface area contributed by atoms with E-state index < -0.39 is 0 Å². The van der Waals surface area contributed by atoms with Crippen LogP contribution in [0.15, 0.2) is 41.5 Å². The summed E-state index contributed by atoms with van der Waals surface area (Å²) in [5.41, 5.74) is 1.04. The number of imidazole rings is 1. The maximum absolute atomic E-state index is 12.8. The second kappa shape index (κ2) is 5.95. The zero-order chi connectivity index (χ0) is 17.7. The number of pyridine rings is 1. The lowest BCUT2D eigenvalue weighted by Crippen LogP contribution is -2.62. The molecule has 3 saturated heterocycles. The zero-order valence-corrected chi connectivity index (χ0v) is 14.6. The van der Waals surface area contributed by atoms with Crippen molar-refractivity contribution in [1.29, 1.82) is 0 Å². The molecule has 1 N–H and O–H groups in total. The summed E-state index contributed by atoms with van der Waals surface area (Å²) in [5.74, 6) is 1.10. The van der Waals surface area contributed by atoms with E-state index in [0.29, 0.717) is 29.1 Å². The van der Waals surface area contributed by atoms with Crippen LogP contribution in [0.1, 0.15) is 30.3 Å². The number of carbonyl (C=O) groups excluding carboxylic acids is 1. The van der Waals surface area contributed by atoms with Crippen LogP contribution in [0.3, 0.4) is 0 Å². The van der Waals surface area contributed by atoms with E-state index in [1.807, 2.05) is 12.3 Å². The van der Waals surface area contributed by atoms with Gasteiger partial charge in [0.25, 0.3) is 5.91 Å². The molecule has 3 aliphatic heterocycles. The van der Waals surface area contributed by atoms with Crippen molar-refractivity contribution in [3.8, 4) is 5.88 Å². The van der Waals surface area contributed by atoms with E-state index in [9.17, 15) is 4.79 Å². The molecule has 0 spiro atoms. The van der Waals surface area contributed by atoms with Gasteiger partial charge in [0, 0.05) is 48.2 Å². The number of hydrogen-bond acceptors (Lipinski definition) is 5. The molecule has 3 aromatic rings. The third-order valence-electron chi connectivity index (χ3n) is 5.86. The molecule has 0 radical (unpaired) electrons. The molecule has 3 fully saturated rings. The number of hydrogen-bond donors (Lipinski definition) is 1. The SMILES string of the molecule is C[C@H]1[C@H](NC(=O)c2cc3oc(-n4ccnc4)cc3cn2)C2CCN1CC2. The molecule has 0 aliphatic carbocycles. The number of aromatic nitrogens is 3.